The Morgan fingerprint density at radius 2 is 1.39 bits per heavy atom. The van der Waals surface area contributed by atoms with Crippen molar-refractivity contribution in [3.63, 3.8) is 0 Å². The molecule has 0 saturated heterocycles. The van der Waals surface area contributed by atoms with Crippen molar-refractivity contribution in [2.75, 3.05) is 10.8 Å². The van der Waals surface area contributed by atoms with Crippen LogP contribution in [0.25, 0.3) is 0 Å². The zero-order valence-corrected chi connectivity index (χ0v) is 23.5. The van der Waals surface area contributed by atoms with E-state index in [2.05, 4.69) is 5.32 Å². The predicted octanol–water partition coefficient (Wildman–Crippen LogP) is 4.78. The molecule has 0 aliphatic rings. The van der Waals surface area contributed by atoms with Gasteiger partial charge in [0.25, 0.3) is 10.0 Å². The van der Waals surface area contributed by atoms with Crippen LogP contribution in [0.2, 0.25) is 0 Å². The maximum absolute atomic E-state index is 13.9. The molecule has 2 amide bonds. The lowest BCUT2D eigenvalue weighted by atomic mass is 10.1. The first-order valence-electron chi connectivity index (χ1n) is 12.7. The number of benzene rings is 3. The Balaban J connectivity index is 2.01. The van der Waals surface area contributed by atoms with Gasteiger partial charge in [-0.1, -0.05) is 67.6 Å². The molecule has 0 saturated carbocycles. The summed E-state index contributed by atoms with van der Waals surface area (Å²) in [6.45, 7) is 8.99. The number of hydrogen-bond acceptors (Lipinski definition) is 4. The van der Waals surface area contributed by atoms with Crippen LogP contribution in [-0.4, -0.2) is 43.3 Å². The third kappa shape index (κ3) is 7.44. The summed E-state index contributed by atoms with van der Waals surface area (Å²) >= 11 is 0. The molecule has 3 aromatic carbocycles. The number of anilines is 1. The van der Waals surface area contributed by atoms with Crippen LogP contribution in [0.1, 0.15) is 45.7 Å². The Bertz CT molecular complexity index is 1320. The predicted molar refractivity (Wildman–Crippen MR) is 151 cm³/mol. The van der Waals surface area contributed by atoms with E-state index in [0.717, 1.165) is 21.9 Å². The number of sulfonamides is 1. The Kier molecular flexibility index (Phi) is 9.33. The van der Waals surface area contributed by atoms with Gasteiger partial charge in [-0.3, -0.25) is 13.9 Å². The van der Waals surface area contributed by atoms with Gasteiger partial charge in [0.1, 0.15) is 12.6 Å². The Hall–Kier alpha value is -3.65. The van der Waals surface area contributed by atoms with E-state index in [1.54, 1.807) is 37.3 Å². The molecule has 3 aromatic rings. The second-order valence-electron chi connectivity index (χ2n) is 10.3. The largest absolute Gasteiger partial charge is 0.350 e. The van der Waals surface area contributed by atoms with E-state index in [-0.39, 0.29) is 17.3 Å². The monoisotopic (exact) mass is 535 g/mol. The van der Waals surface area contributed by atoms with Gasteiger partial charge in [0.15, 0.2) is 0 Å². The minimum atomic E-state index is -4.06. The number of aryl methyl sites for hydroxylation is 1. The summed E-state index contributed by atoms with van der Waals surface area (Å²) in [5.41, 5.74) is 1.78. The van der Waals surface area contributed by atoms with Crippen LogP contribution >= 0.6 is 0 Å². The Morgan fingerprint density at radius 1 is 0.842 bits per heavy atom. The van der Waals surface area contributed by atoms with E-state index in [4.69, 9.17) is 0 Å². The summed E-state index contributed by atoms with van der Waals surface area (Å²) < 4.78 is 28.7. The maximum atomic E-state index is 13.9. The van der Waals surface area contributed by atoms with Crippen molar-refractivity contribution in [2.45, 2.75) is 64.1 Å². The van der Waals surface area contributed by atoms with Crippen molar-refractivity contribution in [3.8, 4) is 0 Å². The molecule has 0 aliphatic carbocycles. The van der Waals surface area contributed by atoms with Crippen molar-refractivity contribution < 1.29 is 18.0 Å². The number of rotatable bonds is 10. The van der Waals surface area contributed by atoms with Crippen molar-refractivity contribution in [3.05, 3.63) is 96.1 Å². The molecule has 0 heterocycles. The molecule has 0 radical (unpaired) electrons. The zero-order valence-electron chi connectivity index (χ0n) is 22.7. The summed E-state index contributed by atoms with van der Waals surface area (Å²) in [6, 6.07) is 23.7. The van der Waals surface area contributed by atoms with Gasteiger partial charge >= 0.3 is 0 Å². The van der Waals surface area contributed by atoms with Gasteiger partial charge in [-0.05, 0) is 69.5 Å². The van der Waals surface area contributed by atoms with E-state index in [9.17, 15) is 18.0 Å². The SMILES string of the molecule is CCc1ccc(N(CC(=O)N(Cc2ccccc2)C(C)C(=O)NC(C)(C)C)S(=O)(=O)c2ccccc2)cc1. The summed E-state index contributed by atoms with van der Waals surface area (Å²) in [4.78, 5) is 28.5. The molecule has 0 fully saturated rings. The van der Waals surface area contributed by atoms with E-state index in [0.29, 0.717) is 5.69 Å². The van der Waals surface area contributed by atoms with E-state index < -0.39 is 34.1 Å². The fourth-order valence-corrected chi connectivity index (χ4v) is 5.42. The number of nitrogens with zero attached hydrogens (tertiary/aromatic N) is 2. The number of carbonyl (C=O) groups is 2. The molecule has 0 aliphatic heterocycles. The van der Waals surface area contributed by atoms with Gasteiger partial charge in [0.05, 0.1) is 10.6 Å². The van der Waals surface area contributed by atoms with Gasteiger partial charge in [-0.15, -0.1) is 0 Å². The Morgan fingerprint density at radius 3 is 1.92 bits per heavy atom. The standard InChI is InChI=1S/C30H37N3O4S/c1-6-24-17-19-26(20-18-24)33(38(36,37)27-15-11-8-12-16-27)22-28(34)32(21-25-13-9-7-10-14-25)23(2)29(35)31-30(3,4)5/h7-20,23H,6,21-22H2,1-5H3,(H,31,35). The molecule has 7 nitrogen and oxygen atoms in total. The molecular weight excluding hydrogens is 498 g/mol. The molecule has 38 heavy (non-hydrogen) atoms. The molecule has 1 unspecified atom stereocenters. The van der Waals surface area contributed by atoms with Crippen molar-refractivity contribution >= 4 is 27.5 Å². The third-order valence-electron chi connectivity index (χ3n) is 6.10. The first-order chi connectivity index (χ1) is 17.9. The van der Waals surface area contributed by atoms with Gasteiger partial charge in [0.2, 0.25) is 11.8 Å². The van der Waals surface area contributed by atoms with Crippen LogP contribution in [0.4, 0.5) is 5.69 Å². The van der Waals surface area contributed by atoms with Crippen LogP contribution in [0, 0.1) is 0 Å². The molecule has 0 aromatic heterocycles. The molecule has 8 heteroatoms. The lowest BCUT2D eigenvalue weighted by Crippen LogP contribution is -2.54. The highest BCUT2D eigenvalue weighted by molar-refractivity contribution is 7.92. The highest BCUT2D eigenvalue weighted by atomic mass is 32.2. The molecule has 0 bridgehead atoms. The molecule has 202 valence electrons. The maximum Gasteiger partial charge on any atom is 0.264 e. The number of carbonyl (C=O) groups excluding carboxylic acids is 2. The highest BCUT2D eigenvalue weighted by Gasteiger charge is 2.33. The molecular formula is C30H37N3O4S. The lowest BCUT2D eigenvalue weighted by molar-refractivity contribution is -0.140. The third-order valence-corrected chi connectivity index (χ3v) is 7.89. The molecule has 1 N–H and O–H groups in total. The fraction of sp³-hybridized carbons (Fsp3) is 0.333. The van der Waals surface area contributed by atoms with E-state index in [1.807, 2.05) is 70.2 Å². The second kappa shape index (κ2) is 12.3. The van der Waals surface area contributed by atoms with Gasteiger partial charge in [-0.25, -0.2) is 8.42 Å². The van der Waals surface area contributed by atoms with Crippen LogP contribution in [0.3, 0.4) is 0 Å². The average molecular weight is 536 g/mol. The first-order valence-corrected chi connectivity index (χ1v) is 14.2. The number of amides is 2. The highest BCUT2D eigenvalue weighted by Crippen LogP contribution is 2.25. The fourth-order valence-electron chi connectivity index (χ4n) is 3.98. The number of nitrogens with one attached hydrogen (secondary N) is 1. The van der Waals surface area contributed by atoms with Crippen LogP contribution in [0.5, 0.6) is 0 Å². The van der Waals surface area contributed by atoms with Gasteiger partial charge in [-0.2, -0.15) is 0 Å². The van der Waals surface area contributed by atoms with Gasteiger partial charge < -0.3 is 10.2 Å². The van der Waals surface area contributed by atoms with E-state index >= 15 is 0 Å². The average Bonchev–Trinajstić information content (AvgIpc) is 2.90. The van der Waals surface area contributed by atoms with Crippen molar-refractivity contribution in [1.82, 2.24) is 10.2 Å². The quantitative estimate of drug-likeness (QED) is 0.405. The summed E-state index contributed by atoms with van der Waals surface area (Å²) in [7, 11) is -4.06. The summed E-state index contributed by atoms with van der Waals surface area (Å²) in [5, 5.41) is 2.93. The van der Waals surface area contributed by atoms with Crippen LogP contribution in [0.15, 0.2) is 89.8 Å². The molecule has 0 spiro atoms. The van der Waals surface area contributed by atoms with E-state index in [1.165, 1.54) is 17.0 Å². The molecule has 1 atom stereocenters. The minimum Gasteiger partial charge on any atom is -0.350 e. The van der Waals surface area contributed by atoms with Crippen molar-refractivity contribution in [2.24, 2.45) is 0 Å². The topological polar surface area (TPSA) is 86.8 Å². The lowest BCUT2D eigenvalue weighted by Gasteiger charge is -2.33. The Labute approximate surface area is 226 Å². The number of hydrogen-bond donors (Lipinski definition) is 1. The minimum absolute atomic E-state index is 0.0838. The first kappa shape index (κ1) is 28.9. The summed E-state index contributed by atoms with van der Waals surface area (Å²) in [5.74, 6) is -0.795. The smallest absolute Gasteiger partial charge is 0.264 e. The summed E-state index contributed by atoms with van der Waals surface area (Å²) in [6.07, 6.45) is 0.801. The normalized spacial score (nSPS) is 12.4. The molecule has 3 rings (SSSR count). The second-order valence-corrected chi connectivity index (χ2v) is 12.1. The van der Waals surface area contributed by atoms with Crippen LogP contribution < -0.4 is 9.62 Å². The van der Waals surface area contributed by atoms with Crippen molar-refractivity contribution in [1.29, 1.82) is 0 Å². The zero-order chi connectivity index (χ0) is 27.9. The van der Waals surface area contributed by atoms with Gasteiger partial charge in [0, 0.05) is 12.1 Å². The van der Waals surface area contributed by atoms with Crippen LogP contribution in [-0.2, 0) is 32.6 Å².